The summed E-state index contributed by atoms with van der Waals surface area (Å²) in [5, 5.41) is 3.55. The zero-order valence-electron chi connectivity index (χ0n) is 17.1. The van der Waals surface area contributed by atoms with E-state index in [9.17, 15) is 9.59 Å². The third kappa shape index (κ3) is 4.82. The Hall–Kier alpha value is -2.57. The topological polar surface area (TPSA) is 68.2 Å². The van der Waals surface area contributed by atoms with Crippen LogP contribution in [0.25, 0.3) is 0 Å². The molecule has 0 aromatic heterocycles. The first-order valence-corrected chi connectivity index (χ1v) is 10.1. The highest BCUT2D eigenvalue weighted by Gasteiger charge is 2.27. The Morgan fingerprint density at radius 1 is 1.25 bits per heavy atom. The Morgan fingerprint density at radius 3 is 2.68 bits per heavy atom. The minimum Gasteiger partial charge on any atom is -0.353 e. The lowest BCUT2D eigenvalue weighted by Crippen LogP contribution is -2.57. The number of aryl methyl sites for hydroxylation is 1. The lowest BCUT2D eigenvalue weighted by molar-refractivity contribution is -0.134. The van der Waals surface area contributed by atoms with Crippen molar-refractivity contribution in [3.63, 3.8) is 0 Å². The number of guanidine groups is 1. The summed E-state index contributed by atoms with van der Waals surface area (Å²) in [6.45, 7) is 4.52. The van der Waals surface area contributed by atoms with Crippen molar-refractivity contribution in [1.82, 2.24) is 20.0 Å². The van der Waals surface area contributed by atoms with Gasteiger partial charge < -0.3 is 20.0 Å². The number of carbonyl (C=O) groups excluding carboxylic acids is 2. The van der Waals surface area contributed by atoms with Gasteiger partial charge in [0.25, 0.3) is 0 Å². The van der Waals surface area contributed by atoms with Crippen LogP contribution >= 0.6 is 0 Å². The molecule has 1 N–H and O–H groups in total. The van der Waals surface area contributed by atoms with Crippen LogP contribution in [0.1, 0.15) is 24.5 Å². The Kier molecular flexibility index (Phi) is 6.54. The van der Waals surface area contributed by atoms with Gasteiger partial charge in [0.05, 0.1) is 6.54 Å². The molecule has 1 unspecified atom stereocenters. The maximum absolute atomic E-state index is 12.4. The quantitative estimate of drug-likeness (QED) is 0.613. The molecule has 152 valence electrons. The molecule has 1 aromatic rings. The van der Waals surface area contributed by atoms with Gasteiger partial charge in [-0.15, -0.1) is 0 Å². The maximum Gasteiger partial charge on any atom is 0.243 e. The Morgan fingerprint density at radius 2 is 2.00 bits per heavy atom. The van der Waals surface area contributed by atoms with Crippen LogP contribution in [0.5, 0.6) is 0 Å². The van der Waals surface area contributed by atoms with Crippen molar-refractivity contribution < 1.29 is 9.59 Å². The summed E-state index contributed by atoms with van der Waals surface area (Å²) in [6.07, 6.45) is 2.97. The molecule has 1 aliphatic heterocycles. The van der Waals surface area contributed by atoms with E-state index in [1.54, 1.807) is 14.1 Å². The monoisotopic (exact) mass is 385 g/mol. The van der Waals surface area contributed by atoms with E-state index >= 15 is 0 Å². The largest absolute Gasteiger partial charge is 0.353 e. The summed E-state index contributed by atoms with van der Waals surface area (Å²) in [7, 11) is 3.46. The first-order chi connectivity index (χ1) is 13.5. The number of benzene rings is 1. The van der Waals surface area contributed by atoms with E-state index in [2.05, 4.69) is 34.6 Å². The number of aliphatic imine (C=N–C) groups is 1. The fourth-order valence-electron chi connectivity index (χ4n) is 3.75. The van der Waals surface area contributed by atoms with Crippen LogP contribution in [-0.4, -0.2) is 85.3 Å². The second-order valence-electron chi connectivity index (χ2n) is 7.68. The molecule has 0 radical (unpaired) electrons. The summed E-state index contributed by atoms with van der Waals surface area (Å²) >= 11 is 0. The standard InChI is InChI=1S/C21H31N5O2/c1-4-25-11-12-26(15-20(25)28)21(22-14-19(27)24(2)3)23-18-10-9-16-7-5-6-8-17(16)13-18/h5-8,18H,4,9-15H2,1-3H3,(H,22,23). The minimum atomic E-state index is -0.0492. The van der Waals surface area contributed by atoms with Crippen LogP contribution in [0.15, 0.2) is 29.3 Å². The molecule has 3 rings (SSSR count). The highest BCUT2D eigenvalue weighted by molar-refractivity contribution is 5.89. The highest BCUT2D eigenvalue weighted by atomic mass is 16.2. The molecule has 7 nitrogen and oxygen atoms in total. The summed E-state index contributed by atoms with van der Waals surface area (Å²) in [5.74, 6) is 0.728. The van der Waals surface area contributed by atoms with Crippen molar-refractivity contribution in [3.8, 4) is 0 Å². The predicted octanol–water partition coefficient (Wildman–Crippen LogP) is 0.742. The third-order valence-electron chi connectivity index (χ3n) is 5.54. The van der Waals surface area contributed by atoms with Gasteiger partial charge in [-0.05, 0) is 37.3 Å². The second-order valence-corrected chi connectivity index (χ2v) is 7.68. The second kappa shape index (κ2) is 9.08. The molecule has 1 heterocycles. The number of hydrogen-bond donors (Lipinski definition) is 1. The highest BCUT2D eigenvalue weighted by Crippen LogP contribution is 2.21. The lowest BCUT2D eigenvalue weighted by atomic mass is 9.88. The summed E-state index contributed by atoms with van der Waals surface area (Å²) in [4.78, 5) is 34.4. The van der Waals surface area contributed by atoms with Gasteiger partial charge in [-0.25, -0.2) is 4.99 Å². The van der Waals surface area contributed by atoms with Crippen LogP contribution in [0.3, 0.4) is 0 Å². The van der Waals surface area contributed by atoms with Crippen molar-refractivity contribution in [2.24, 2.45) is 4.99 Å². The summed E-state index contributed by atoms with van der Waals surface area (Å²) in [6, 6.07) is 8.79. The van der Waals surface area contributed by atoms with Crippen LogP contribution < -0.4 is 5.32 Å². The molecule has 0 spiro atoms. The van der Waals surface area contributed by atoms with Gasteiger partial charge >= 0.3 is 0 Å². The van der Waals surface area contributed by atoms with Gasteiger partial charge in [-0.1, -0.05) is 24.3 Å². The normalized spacial score (nSPS) is 20.0. The number of carbonyl (C=O) groups is 2. The summed E-state index contributed by atoms with van der Waals surface area (Å²) in [5.41, 5.74) is 2.77. The zero-order chi connectivity index (χ0) is 20.1. The van der Waals surface area contributed by atoms with E-state index in [1.807, 2.05) is 16.7 Å². The number of rotatable bonds is 4. The number of likely N-dealkylation sites (N-methyl/N-ethyl adjacent to an activating group) is 2. The van der Waals surface area contributed by atoms with Crippen molar-refractivity contribution in [3.05, 3.63) is 35.4 Å². The molecule has 2 aliphatic rings. The van der Waals surface area contributed by atoms with Crippen LogP contribution in [-0.2, 0) is 22.4 Å². The van der Waals surface area contributed by atoms with E-state index < -0.39 is 0 Å². The van der Waals surface area contributed by atoms with E-state index in [4.69, 9.17) is 0 Å². The number of fused-ring (bicyclic) bond motifs is 1. The summed E-state index contributed by atoms with van der Waals surface area (Å²) < 4.78 is 0. The molecule has 1 atom stereocenters. The molecule has 1 fully saturated rings. The number of nitrogens with zero attached hydrogens (tertiary/aromatic N) is 4. The minimum absolute atomic E-state index is 0.0492. The maximum atomic E-state index is 12.4. The average molecular weight is 386 g/mol. The smallest absolute Gasteiger partial charge is 0.243 e. The van der Waals surface area contributed by atoms with Gasteiger partial charge in [0.2, 0.25) is 11.8 Å². The molecule has 1 saturated heterocycles. The van der Waals surface area contributed by atoms with Crippen LogP contribution in [0.4, 0.5) is 0 Å². The van der Waals surface area contributed by atoms with Gasteiger partial charge in [-0.2, -0.15) is 0 Å². The molecule has 1 aliphatic carbocycles. The van der Waals surface area contributed by atoms with Crippen molar-refractivity contribution in [2.75, 3.05) is 46.8 Å². The number of amides is 2. The molecule has 28 heavy (non-hydrogen) atoms. The Bertz CT molecular complexity index is 746. The molecular formula is C21H31N5O2. The Balaban J connectivity index is 1.72. The lowest BCUT2D eigenvalue weighted by Gasteiger charge is -2.37. The third-order valence-corrected chi connectivity index (χ3v) is 5.54. The molecule has 2 amide bonds. The SMILES string of the molecule is CCN1CCN(C(=NCC(=O)N(C)C)NC2CCc3ccccc3C2)CC1=O. The number of hydrogen-bond acceptors (Lipinski definition) is 3. The van der Waals surface area contributed by atoms with Gasteiger partial charge in [0.1, 0.15) is 6.54 Å². The van der Waals surface area contributed by atoms with E-state index in [1.165, 1.54) is 16.0 Å². The van der Waals surface area contributed by atoms with Crippen molar-refractivity contribution in [1.29, 1.82) is 0 Å². The van der Waals surface area contributed by atoms with Crippen LogP contribution in [0.2, 0.25) is 0 Å². The molecule has 0 saturated carbocycles. The van der Waals surface area contributed by atoms with E-state index in [-0.39, 0.29) is 24.4 Å². The average Bonchev–Trinajstić information content (AvgIpc) is 2.70. The number of piperazine rings is 1. The molecule has 7 heteroatoms. The van der Waals surface area contributed by atoms with E-state index in [0.717, 1.165) is 32.4 Å². The van der Waals surface area contributed by atoms with Gasteiger partial charge in [-0.3, -0.25) is 9.59 Å². The predicted molar refractivity (Wildman–Crippen MR) is 110 cm³/mol. The number of nitrogens with one attached hydrogen (secondary N) is 1. The van der Waals surface area contributed by atoms with Crippen molar-refractivity contribution in [2.45, 2.75) is 32.2 Å². The fourth-order valence-corrected chi connectivity index (χ4v) is 3.75. The molecule has 1 aromatic carbocycles. The van der Waals surface area contributed by atoms with Gasteiger partial charge in [0.15, 0.2) is 5.96 Å². The molecule has 0 bridgehead atoms. The fraction of sp³-hybridized carbons (Fsp3) is 0.571. The van der Waals surface area contributed by atoms with Gasteiger partial charge in [0, 0.05) is 39.8 Å². The van der Waals surface area contributed by atoms with E-state index in [0.29, 0.717) is 19.0 Å². The Labute approximate surface area is 167 Å². The van der Waals surface area contributed by atoms with Crippen molar-refractivity contribution >= 4 is 17.8 Å². The van der Waals surface area contributed by atoms with Crippen LogP contribution in [0, 0.1) is 0 Å². The molecular weight excluding hydrogens is 354 g/mol. The first-order valence-electron chi connectivity index (χ1n) is 10.1. The first kappa shape index (κ1) is 20.2. The zero-order valence-corrected chi connectivity index (χ0v) is 17.1.